The quantitative estimate of drug-likeness (QED) is 0.595. The second kappa shape index (κ2) is 6.07. The van der Waals surface area contributed by atoms with Crippen LogP contribution < -0.4 is 0 Å². The normalized spacial score (nSPS) is 35.0. The molecule has 0 radical (unpaired) electrons. The number of fused-ring (bicyclic) bond motifs is 5. The van der Waals surface area contributed by atoms with Gasteiger partial charge in [-0.25, -0.2) is 0 Å². The summed E-state index contributed by atoms with van der Waals surface area (Å²) in [6.07, 6.45) is 3.82. The van der Waals surface area contributed by atoms with E-state index in [1.165, 1.54) is 0 Å². The van der Waals surface area contributed by atoms with Crippen LogP contribution in [0.2, 0.25) is 0 Å². The van der Waals surface area contributed by atoms with Crippen LogP contribution in [-0.4, -0.2) is 34.3 Å². The van der Waals surface area contributed by atoms with Crippen LogP contribution in [0.1, 0.15) is 42.0 Å². The molecule has 138 valence electrons. The molecule has 4 rings (SSSR count). The molecule has 0 N–H and O–H groups in total. The number of thioether (sulfide) groups is 1. The minimum atomic E-state index is -0.625. The second-order valence-corrected chi connectivity index (χ2v) is 9.87. The Hall–Kier alpha value is -1.39. The molecule has 2 aliphatic heterocycles. The molecule has 4 heteroatoms. The number of benzene rings is 1. The predicted molar refractivity (Wildman–Crippen MR) is 105 cm³/mol. The lowest BCUT2D eigenvalue weighted by atomic mass is 9.78. The fourth-order valence-electron chi connectivity index (χ4n) is 5.11. The molecule has 1 aromatic rings. The summed E-state index contributed by atoms with van der Waals surface area (Å²) in [6, 6.07) is 4.15. The first-order valence-electron chi connectivity index (χ1n) is 9.39. The Morgan fingerprint density at radius 2 is 1.77 bits per heavy atom. The SMILES string of the molecule is Cc1cc(C)c(C2C(=O)[C@H]3[C@@H]4C=C[C@@](CSC(C)C)(O4)[C@H]3C2=O)c(C)c1. The van der Waals surface area contributed by atoms with E-state index in [1.54, 1.807) is 11.8 Å². The Kier molecular flexibility index (Phi) is 4.20. The van der Waals surface area contributed by atoms with E-state index in [-0.39, 0.29) is 29.5 Å². The Labute approximate surface area is 159 Å². The molecule has 0 amide bonds. The van der Waals surface area contributed by atoms with Gasteiger partial charge in [0.25, 0.3) is 0 Å². The number of hydrogen-bond acceptors (Lipinski definition) is 4. The summed E-state index contributed by atoms with van der Waals surface area (Å²) in [6.45, 7) is 10.4. The molecule has 1 saturated carbocycles. The molecule has 5 atom stereocenters. The van der Waals surface area contributed by atoms with E-state index in [4.69, 9.17) is 4.74 Å². The van der Waals surface area contributed by atoms with Gasteiger partial charge in [0.2, 0.25) is 0 Å². The first-order valence-corrected chi connectivity index (χ1v) is 10.4. The number of carbonyl (C=O) groups excluding carboxylic acids is 2. The van der Waals surface area contributed by atoms with Gasteiger partial charge < -0.3 is 4.74 Å². The van der Waals surface area contributed by atoms with Crippen molar-refractivity contribution in [2.75, 3.05) is 5.75 Å². The molecule has 1 saturated heterocycles. The Morgan fingerprint density at radius 1 is 1.12 bits per heavy atom. The van der Waals surface area contributed by atoms with Crippen molar-refractivity contribution in [3.05, 3.63) is 46.5 Å². The minimum Gasteiger partial charge on any atom is -0.361 e. The van der Waals surface area contributed by atoms with E-state index in [0.717, 1.165) is 28.0 Å². The van der Waals surface area contributed by atoms with Crippen LogP contribution in [0, 0.1) is 32.6 Å². The summed E-state index contributed by atoms with van der Waals surface area (Å²) < 4.78 is 6.21. The van der Waals surface area contributed by atoms with Crippen molar-refractivity contribution >= 4 is 23.3 Å². The molecule has 2 bridgehead atoms. The van der Waals surface area contributed by atoms with Crippen molar-refractivity contribution in [3.63, 3.8) is 0 Å². The average Bonchev–Trinajstić information content (AvgIpc) is 3.18. The summed E-state index contributed by atoms with van der Waals surface area (Å²) in [5.74, 6) is -0.421. The molecule has 1 aliphatic carbocycles. The van der Waals surface area contributed by atoms with Crippen molar-refractivity contribution < 1.29 is 14.3 Å². The Bertz CT molecular complexity index is 802. The van der Waals surface area contributed by atoms with Gasteiger partial charge in [0.1, 0.15) is 11.5 Å². The van der Waals surface area contributed by atoms with Crippen LogP contribution in [0.5, 0.6) is 0 Å². The predicted octanol–water partition coefficient (Wildman–Crippen LogP) is 3.93. The lowest BCUT2D eigenvalue weighted by molar-refractivity contribution is -0.128. The maximum absolute atomic E-state index is 13.5. The second-order valence-electron chi connectivity index (χ2n) is 8.31. The number of hydrogen-bond donors (Lipinski definition) is 0. The zero-order valence-electron chi connectivity index (χ0n) is 16.0. The van der Waals surface area contributed by atoms with Crippen molar-refractivity contribution in [3.8, 4) is 0 Å². The standard InChI is InChI=1S/C22H26O3S/c1-11(2)26-10-22-7-6-15(25-22)17-19(22)21(24)18(20(17)23)16-13(4)8-12(3)9-14(16)5/h6-9,11,15,17-19H,10H2,1-5H3/t15-,17-,18?,19+,22-/m0/s1. The fraction of sp³-hybridized carbons (Fsp3) is 0.545. The summed E-state index contributed by atoms with van der Waals surface area (Å²) in [5, 5.41) is 0.462. The monoisotopic (exact) mass is 370 g/mol. The van der Waals surface area contributed by atoms with Crippen molar-refractivity contribution in [2.24, 2.45) is 11.8 Å². The van der Waals surface area contributed by atoms with E-state index in [9.17, 15) is 9.59 Å². The highest BCUT2D eigenvalue weighted by Crippen LogP contribution is 2.56. The Balaban J connectivity index is 1.74. The number of rotatable bonds is 4. The van der Waals surface area contributed by atoms with Crippen LogP contribution in [-0.2, 0) is 14.3 Å². The molecule has 3 aliphatic rings. The maximum atomic E-state index is 13.5. The topological polar surface area (TPSA) is 43.4 Å². The molecule has 0 spiro atoms. The molecule has 2 heterocycles. The first kappa shape index (κ1) is 18.0. The summed E-state index contributed by atoms with van der Waals surface area (Å²) in [5.41, 5.74) is 3.57. The lowest BCUT2D eigenvalue weighted by Crippen LogP contribution is -2.41. The summed E-state index contributed by atoms with van der Waals surface area (Å²) in [4.78, 5) is 26.8. The zero-order valence-corrected chi connectivity index (χ0v) is 16.9. The van der Waals surface area contributed by atoms with E-state index in [2.05, 4.69) is 32.1 Å². The van der Waals surface area contributed by atoms with E-state index >= 15 is 0 Å². The van der Waals surface area contributed by atoms with Gasteiger partial charge in [-0.3, -0.25) is 9.59 Å². The number of ether oxygens (including phenoxy) is 1. The van der Waals surface area contributed by atoms with Gasteiger partial charge in [-0.2, -0.15) is 11.8 Å². The van der Waals surface area contributed by atoms with Crippen molar-refractivity contribution in [2.45, 2.75) is 57.5 Å². The van der Waals surface area contributed by atoms with E-state index in [0.29, 0.717) is 5.25 Å². The van der Waals surface area contributed by atoms with Crippen molar-refractivity contribution in [1.82, 2.24) is 0 Å². The number of Topliss-reactive ketones (excluding diaryl/α,β-unsaturated/α-hetero) is 2. The van der Waals surface area contributed by atoms with Crippen LogP contribution in [0.4, 0.5) is 0 Å². The third kappa shape index (κ3) is 2.45. The van der Waals surface area contributed by atoms with Gasteiger partial charge in [0.05, 0.1) is 17.9 Å². The number of aryl methyl sites for hydroxylation is 3. The van der Waals surface area contributed by atoms with Crippen LogP contribution in [0.15, 0.2) is 24.3 Å². The van der Waals surface area contributed by atoms with Gasteiger partial charge in [-0.05, 0) is 42.7 Å². The first-order chi connectivity index (χ1) is 12.2. The van der Waals surface area contributed by atoms with Gasteiger partial charge in [-0.1, -0.05) is 43.7 Å². The highest BCUT2D eigenvalue weighted by molar-refractivity contribution is 7.99. The molecule has 0 aromatic heterocycles. The average molecular weight is 371 g/mol. The molecule has 26 heavy (non-hydrogen) atoms. The molecule has 1 unspecified atom stereocenters. The Morgan fingerprint density at radius 3 is 2.38 bits per heavy atom. The van der Waals surface area contributed by atoms with Gasteiger partial charge >= 0.3 is 0 Å². The molecule has 2 fully saturated rings. The van der Waals surface area contributed by atoms with E-state index < -0.39 is 11.5 Å². The molecule has 3 nitrogen and oxygen atoms in total. The van der Waals surface area contributed by atoms with Crippen LogP contribution >= 0.6 is 11.8 Å². The number of carbonyl (C=O) groups is 2. The van der Waals surface area contributed by atoms with Gasteiger partial charge in [-0.15, -0.1) is 0 Å². The molecular weight excluding hydrogens is 344 g/mol. The third-order valence-electron chi connectivity index (χ3n) is 6.04. The van der Waals surface area contributed by atoms with E-state index in [1.807, 2.05) is 26.8 Å². The lowest BCUT2D eigenvalue weighted by Gasteiger charge is -2.29. The smallest absolute Gasteiger partial charge is 0.154 e. The number of ketones is 2. The largest absolute Gasteiger partial charge is 0.361 e. The van der Waals surface area contributed by atoms with Gasteiger partial charge in [0, 0.05) is 5.75 Å². The van der Waals surface area contributed by atoms with Crippen molar-refractivity contribution in [1.29, 1.82) is 0 Å². The highest BCUT2D eigenvalue weighted by Gasteiger charge is 2.67. The molecular formula is C22H26O3S. The highest BCUT2D eigenvalue weighted by atomic mass is 32.2. The molecule has 1 aromatic carbocycles. The van der Waals surface area contributed by atoms with Gasteiger partial charge in [0.15, 0.2) is 11.6 Å². The zero-order chi connectivity index (χ0) is 18.8. The maximum Gasteiger partial charge on any atom is 0.154 e. The summed E-state index contributed by atoms with van der Waals surface area (Å²) >= 11 is 1.80. The van der Waals surface area contributed by atoms with Crippen LogP contribution in [0.25, 0.3) is 0 Å². The fourth-order valence-corrected chi connectivity index (χ4v) is 6.05. The minimum absolute atomic E-state index is 0.0563. The summed E-state index contributed by atoms with van der Waals surface area (Å²) in [7, 11) is 0. The van der Waals surface area contributed by atoms with Crippen LogP contribution in [0.3, 0.4) is 0 Å². The third-order valence-corrected chi connectivity index (χ3v) is 7.32.